The number of hydrogen-bond acceptors (Lipinski definition) is 8. The summed E-state index contributed by atoms with van der Waals surface area (Å²) < 4.78 is 17.0. The van der Waals surface area contributed by atoms with E-state index >= 15 is 0 Å². The fourth-order valence-electron chi connectivity index (χ4n) is 4.93. The van der Waals surface area contributed by atoms with E-state index in [2.05, 4.69) is 19.9 Å². The summed E-state index contributed by atoms with van der Waals surface area (Å²) in [6.45, 7) is 8.80. The average Bonchev–Trinajstić information content (AvgIpc) is 3.45. The normalized spacial score (nSPS) is 37.9. The Morgan fingerprint density at radius 1 is 1.32 bits per heavy atom. The molecule has 4 aliphatic rings. The highest BCUT2D eigenvalue weighted by Crippen LogP contribution is 2.67. The third kappa shape index (κ3) is 3.23. The molecule has 2 saturated heterocycles. The quantitative estimate of drug-likeness (QED) is 0.169. The van der Waals surface area contributed by atoms with E-state index in [4.69, 9.17) is 25.8 Å². The molecule has 2 fully saturated rings. The Balaban J connectivity index is 1.82. The van der Waals surface area contributed by atoms with E-state index in [1.165, 1.54) is 19.9 Å². The van der Waals surface area contributed by atoms with E-state index in [-0.39, 0.29) is 17.0 Å². The van der Waals surface area contributed by atoms with E-state index < -0.39 is 52.3 Å². The third-order valence-electron chi connectivity index (χ3n) is 6.94. The second-order valence-electron chi connectivity index (χ2n) is 9.54. The van der Waals surface area contributed by atoms with Gasteiger partial charge in [0, 0.05) is 12.0 Å². The number of Topliss-reactive ketones (excluding diaryl/α,β-unsaturated/α-hetero) is 1. The van der Waals surface area contributed by atoms with Gasteiger partial charge in [-0.3, -0.25) is 4.79 Å². The first-order valence-electron chi connectivity index (χ1n) is 11.3. The number of halogens is 1. The molecule has 0 aromatic rings. The smallest absolute Gasteiger partial charge is 0.341 e. The van der Waals surface area contributed by atoms with E-state index in [9.17, 15) is 24.9 Å². The van der Waals surface area contributed by atoms with Crippen molar-refractivity contribution in [2.45, 2.75) is 76.7 Å². The number of esters is 1. The Morgan fingerprint density at radius 3 is 2.62 bits per heavy atom. The van der Waals surface area contributed by atoms with Crippen LogP contribution in [0.1, 0.15) is 47.5 Å². The minimum Gasteiger partial charge on any atom is -0.512 e. The molecule has 3 aliphatic heterocycles. The average molecular weight is 493 g/mol. The number of allylic oxidation sites excluding steroid dienone is 4. The van der Waals surface area contributed by atoms with Crippen molar-refractivity contribution < 1.29 is 39.1 Å². The Labute approximate surface area is 202 Å². The minimum atomic E-state index is -2.43. The predicted octanol–water partition coefficient (Wildman–Crippen LogP) is 3.25. The van der Waals surface area contributed by atoms with E-state index in [1.54, 1.807) is 6.08 Å². The number of ketones is 1. The maximum absolute atomic E-state index is 13.3. The number of aliphatic hydroxyl groups is 3. The molecule has 0 radical (unpaired) electrons. The topological polar surface area (TPSA) is 126 Å². The van der Waals surface area contributed by atoms with E-state index in [0.717, 1.165) is 12.0 Å². The molecule has 0 saturated carbocycles. The van der Waals surface area contributed by atoms with Crippen molar-refractivity contribution in [3.63, 3.8) is 0 Å². The predicted molar refractivity (Wildman–Crippen MR) is 122 cm³/mol. The molecule has 4 rings (SSSR count). The van der Waals surface area contributed by atoms with Gasteiger partial charge in [-0.1, -0.05) is 49.6 Å². The summed E-state index contributed by atoms with van der Waals surface area (Å²) >= 11 is 6.44. The summed E-state index contributed by atoms with van der Waals surface area (Å²) in [7, 11) is 0. The summed E-state index contributed by atoms with van der Waals surface area (Å²) in [5, 5.41) is 32.1. The molecule has 184 valence electrons. The summed E-state index contributed by atoms with van der Waals surface area (Å²) in [5.41, 5.74) is -5.71. The van der Waals surface area contributed by atoms with Crippen LogP contribution in [0, 0.1) is 5.92 Å². The SMILES string of the molecule is CC[C@H](C)/C=C(C)/C=C/C1=CC2=C(Cl)C(=O)[C@@]3(C)OC(=O)/C(=C(/O)C[C@H](C)O)[C@@]3(O)[C@]23O[C@@H]3O1. The van der Waals surface area contributed by atoms with Gasteiger partial charge in [-0.15, -0.1) is 0 Å². The molecule has 1 spiro atoms. The zero-order valence-corrected chi connectivity index (χ0v) is 20.5. The van der Waals surface area contributed by atoms with Crippen LogP contribution in [0.25, 0.3) is 0 Å². The molecule has 3 heterocycles. The zero-order chi connectivity index (χ0) is 25.2. The lowest BCUT2D eigenvalue weighted by molar-refractivity contribution is -0.173. The summed E-state index contributed by atoms with van der Waals surface area (Å²) in [6.07, 6.45) is 5.73. The number of ether oxygens (including phenoxy) is 3. The van der Waals surface area contributed by atoms with Crippen molar-refractivity contribution in [3.8, 4) is 0 Å². The maximum Gasteiger partial charge on any atom is 0.341 e. The zero-order valence-electron chi connectivity index (χ0n) is 19.7. The molecule has 8 nitrogen and oxygen atoms in total. The second kappa shape index (κ2) is 8.09. The number of carbonyl (C=O) groups excluding carboxylic acids is 2. The standard InChI is InChI=1S/C25H29ClO8/c1-6-12(2)9-13(3)7-8-15-11-16-19(26)20(29)23(5)25(31,24(16)22(32-15)34-24)18(21(30)33-23)17(28)10-14(4)27/h7-9,11-12,14,22,27-28,31H,6,10H2,1-5H3/b8-7+,13-9+,18-17-/t12-,14-,22-,23+,24-,25-/m0/s1. The van der Waals surface area contributed by atoms with Gasteiger partial charge in [0.25, 0.3) is 0 Å². The molecule has 6 atom stereocenters. The lowest BCUT2D eigenvalue weighted by Crippen LogP contribution is -2.68. The number of carbonyl (C=O) groups is 2. The lowest BCUT2D eigenvalue weighted by atomic mass is 9.62. The largest absolute Gasteiger partial charge is 0.512 e. The molecule has 0 amide bonds. The van der Waals surface area contributed by atoms with Gasteiger partial charge in [-0.2, -0.15) is 0 Å². The van der Waals surface area contributed by atoms with Crippen molar-refractivity contribution >= 4 is 23.4 Å². The fourth-order valence-corrected chi connectivity index (χ4v) is 5.30. The van der Waals surface area contributed by atoms with Crippen LogP contribution in [0.5, 0.6) is 0 Å². The van der Waals surface area contributed by atoms with Gasteiger partial charge in [0.1, 0.15) is 17.1 Å². The molecule has 3 N–H and O–H groups in total. The van der Waals surface area contributed by atoms with Gasteiger partial charge in [0.15, 0.2) is 11.2 Å². The highest BCUT2D eigenvalue weighted by atomic mass is 35.5. The van der Waals surface area contributed by atoms with Crippen LogP contribution in [0.4, 0.5) is 0 Å². The van der Waals surface area contributed by atoms with Crippen molar-refractivity contribution in [2.75, 3.05) is 0 Å². The molecule has 34 heavy (non-hydrogen) atoms. The first-order chi connectivity index (χ1) is 15.8. The van der Waals surface area contributed by atoms with Crippen LogP contribution < -0.4 is 0 Å². The van der Waals surface area contributed by atoms with Crippen LogP contribution >= 0.6 is 11.6 Å². The first-order valence-corrected chi connectivity index (χ1v) is 11.6. The van der Waals surface area contributed by atoms with Crippen LogP contribution in [0.15, 0.2) is 57.6 Å². The Morgan fingerprint density at radius 2 is 2.00 bits per heavy atom. The van der Waals surface area contributed by atoms with Gasteiger partial charge in [-0.05, 0) is 38.8 Å². The van der Waals surface area contributed by atoms with Crippen LogP contribution in [-0.2, 0) is 23.8 Å². The van der Waals surface area contributed by atoms with Crippen LogP contribution in [0.3, 0.4) is 0 Å². The van der Waals surface area contributed by atoms with Gasteiger partial charge in [-0.25, -0.2) is 4.79 Å². The van der Waals surface area contributed by atoms with Crippen LogP contribution in [0.2, 0.25) is 0 Å². The number of epoxide rings is 1. The number of hydrogen-bond donors (Lipinski definition) is 3. The molecular formula is C25H29ClO8. The Hall–Kier alpha value is -2.39. The maximum atomic E-state index is 13.3. The van der Waals surface area contributed by atoms with Crippen molar-refractivity contribution in [2.24, 2.45) is 5.92 Å². The number of fused-ring (bicyclic) bond motifs is 1. The lowest BCUT2D eigenvalue weighted by Gasteiger charge is -2.44. The molecule has 0 aromatic heterocycles. The minimum absolute atomic E-state index is 0.138. The third-order valence-corrected chi connectivity index (χ3v) is 7.31. The monoisotopic (exact) mass is 492 g/mol. The van der Waals surface area contributed by atoms with Gasteiger partial charge < -0.3 is 29.5 Å². The summed E-state index contributed by atoms with van der Waals surface area (Å²) in [4.78, 5) is 26.1. The van der Waals surface area contributed by atoms with Gasteiger partial charge in [0.2, 0.25) is 17.7 Å². The van der Waals surface area contributed by atoms with Gasteiger partial charge >= 0.3 is 5.97 Å². The molecule has 9 heteroatoms. The molecule has 1 aliphatic carbocycles. The molecular weight excluding hydrogens is 464 g/mol. The number of aliphatic hydroxyl groups excluding tert-OH is 2. The molecule has 0 bridgehead atoms. The highest BCUT2D eigenvalue weighted by Gasteiger charge is 2.88. The Kier molecular flexibility index (Phi) is 5.88. The Bertz CT molecular complexity index is 1110. The van der Waals surface area contributed by atoms with E-state index in [1.807, 2.05) is 13.0 Å². The summed E-state index contributed by atoms with van der Waals surface area (Å²) in [5.74, 6) is -1.75. The highest BCUT2D eigenvalue weighted by molar-refractivity contribution is 6.45. The first kappa shape index (κ1) is 24.7. The van der Waals surface area contributed by atoms with Crippen molar-refractivity contribution in [1.29, 1.82) is 0 Å². The van der Waals surface area contributed by atoms with E-state index in [0.29, 0.717) is 11.7 Å². The number of rotatable bonds is 6. The van der Waals surface area contributed by atoms with Crippen LogP contribution in [-0.4, -0.2) is 56.3 Å². The van der Waals surface area contributed by atoms with Crippen molar-refractivity contribution in [3.05, 3.63) is 57.6 Å². The molecule has 0 unspecified atom stereocenters. The van der Waals surface area contributed by atoms with Crippen molar-refractivity contribution in [1.82, 2.24) is 0 Å². The van der Waals surface area contributed by atoms with Gasteiger partial charge in [0.05, 0.1) is 11.1 Å². The summed E-state index contributed by atoms with van der Waals surface area (Å²) in [6, 6.07) is 0. The fraction of sp³-hybridized carbons (Fsp3) is 0.520. The second-order valence-corrected chi connectivity index (χ2v) is 9.92. The molecule has 0 aromatic carbocycles.